The topological polar surface area (TPSA) is 27.3 Å². The van der Waals surface area contributed by atoms with Crippen LogP contribution in [0, 0.1) is 13.8 Å². The van der Waals surface area contributed by atoms with Gasteiger partial charge < -0.3 is 10.6 Å². The van der Waals surface area contributed by atoms with Gasteiger partial charge in [-0.2, -0.15) is 0 Å². The molecule has 0 aromatic heterocycles. The summed E-state index contributed by atoms with van der Waals surface area (Å²) >= 11 is 0. The van der Waals surface area contributed by atoms with Crippen molar-refractivity contribution in [3.8, 4) is 0 Å². The molecule has 3 nitrogen and oxygen atoms in total. The zero-order valence-corrected chi connectivity index (χ0v) is 12.5. The van der Waals surface area contributed by atoms with Gasteiger partial charge in [0, 0.05) is 45.3 Å². The summed E-state index contributed by atoms with van der Waals surface area (Å²) in [7, 11) is 0. The molecule has 0 bridgehead atoms. The first-order chi connectivity index (χ1) is 9.16. The summed E-state index contributed by atoms with van der Waals surface area (Å²) in [6.45, 7) is 13.3. The molecular weight excluding hydrogens is 234 g/mol. The minimum absolute atomic E-state index is 0.619. The van der Waals surface area contributed by atoms with Crippen LogP contribution in [0.15, 0.2) is 18.2 Å². The van der Waals surface area contributed by atoms with Crippen LogP contribution in [0.5, 0.6) is 0 Å². The van der Waals surface area contributed by atoms with Gasteiger partial charge in [-0.3, -0.25) is 4.90 Å². The standard InChI is InChI=1S/C16H27N3/c1-13-4-5-16(10-14(13)2)12-18-11-15(3)19-8-6-17-7-9-19/h4-5,10,15,17-18H,6-9,11-12H2,1-3H3. The molecule has 0 saturated carbocycles. The smallest absolute Gasteiger partial charge is 0.0206 e. The molecule has 0 amide bonds. The summed E-state index contributed by atoms with van der Waals surface area (Å²) < 4.78 is 0. The first-order valence-corrected chi connectivity index (χ1v) is 7.38. The quantitative estimate of drug-likeness (QED) is 0.844. The third-order valence-corrected chi connectivity index (χ3v) is 4.12. The Labute approximate surface area is 117 Å². The Bertz CT molecular complexity index is 397. The highest BCUT2D eigenvalue weighted by molar-refractivity contribution is 5.29. The van der Waals surface area contributed by atoms with E-state index < -0.39 is 0 Å². The van der Waals surface area contributed by atoms with Crippen molar-refractivity contribution in [2.45, 2.75) is 33.4 Å². The number of piperazine rings is 1. The lowest BCUT2D eigenvalue weighted by atomic mass is 10.1. The minimum Gasteiger partial charge on any atom is -0.314 e. The van der Waals surface area contributed by atoms with Crippen molar-refractivity contribution in [2.75, 3.05) is 32.7 Å². The summed E-state index contributed by atoms with van der Waals surface area (Å²) in [5.41, 5.74) is 4.14. The molecule has 1 aliphatic heterocycles. The van der Waals surface area contributed by atoms with Crippen molar-refractivity contribution in [1.82, 2.24) is 15.5 Å². The monoisotopic (exact) mass is 261 g/mol. The van der Waals surface area contributed by atoms with Gasteiger partial charge in [0.2, 0.25) is 0 Å². The molecule has 1 aromatic rings. The van der Waals surface area contributed by atoms with Gasteiger partial charge in [0.05, 0.1) is 0 Å². The van der Waals surface area contributed by atoms with Crippen molar-refractivity contribution in [1.29, 1.82) is 0 Å². The molecule has 0 radical (unpaired) electrons. The van der Waals surface area contributed by atoms with E-state index >= 15 is 0 Å². The predicted molar refractivity (Wildman–Crippen MR) is 81.5 cm³/mol. The van der Waals surface area contributed by atoms with E-state index in [-0.39, 0.29) is 0 Å². The van der Waals surface area contributed by atoms with Gasteiger partial charge in [-0.05, 0) is 37.5 Å². The summed E-state index contributed by atoms with van der Waals surface area (Å²) in [6.07, 6.45) is 0. The lowest BCUT2D eigenvalue weighted by molar-refractivity contribution is 0.181. The zero-order chi connectivity index (χ0) is 13.7. The third-order valence-electron chi connectivity index (χ3n) is 4.12. The molecule has 2 N–H and O–H groups in total. The Kier molecular flexibility index (Phi) is 5.37. The maximum Gasteiger partial charge on any atom is 0.0206 e. The van der Waals surface area contributed by atoms with Crippen molar-refractivity contribution < 1.29 is 0 Å². The van der Waals surface area contributed by atoms with E-state index in [2.05, 4.69) is 54.5 Å². The Morgan fingerprint density at radius 1 is 1.21 bits per heavy atom. The van der Waals surface area contributed by atoms with E-state index in [0.717, 1.165) is 26.2 Å². The largest absolute Gasteiger partial charge is 0.314 e. The molecule has 1 saturated heterocycles. The highest BCUT2D eigenvalue weighted by atomic mass is 15.2. The average Bonchev–Trinajstić information content (AvgIpc) is 2.43. The van der Waals surface area contributed by atoms with E-state index in [9.17, 15) is 0 Å². The summed E-state index contributed by atoms with van der Waals surface area (Å²) in [6, 6.07) is 7.35. The Morgan fingerprint density at radius 2 is 1.95 bits per heavy atom. The fraction of sp³-hybridized carbons (Fsp3) is 0.625. The number of benzene rings is 1. The number of rotatable bonds is 5. The zero-order valence-electron chi connectivity index (χ0n) is 12.5. The molecule has 1 aromatic carbocycles. The van der Waals surface area contributed by atoms with Crippen LogP contribution in [0.2, 0.25) is 0 Å². The third kappa shape index (κ3) is 4.30. The Morgan fingerprint density at radius 3 is 2.63 bits per heavy atom. The van der Waals surface area contributed by atoms with E-state index in [0.29, 0.717) is 6.04 Å². The van der Waals surface area contributed by atoms with Crippen molar-refractivity contribution in [3.63, 3.8) is 0 Å². The van der Waals surface area contributed by atoms with Gasteiger partial charge in [-0.25, -0.2) is 0 Å². The molecule has 3 heteroatoms. The van der Waals surface area contributed by atoms with Gasteiger partial charge in [-0.15, -0.1) is 0 Å². The molecule has 1 unspecified atom stereocenters. The van der Waals surface area contributed by atoms with Crippen LogP contribution >= 0.6 is 0 Å². The van der Waals surface area contributed by atoms with Crippen LogP contribution in [-0.2, 0) is 6.54 Å². The first kappa shape index (κ1) is 14.5. The molecule has 1 atom stereocenters. The van der Waals surface area contributed by atoms with Gasteiger partial charge in [-0.1, -0.05) is 18.2 Å². The van der Waals surface area contributed by atoms with E-state index in [1.165, 1.54) is 29.8 Å². The maximum absolute atomic E-state index is 3.58. The molecule has 1 heterocycles. The Hall–Kier alpha value is -0.900. The molecular formula is C16H27N3. The van der Waals surface area contributed by atoms with E-state index in [1.807, 2.05) is 0 Å². The maximum atomic E-state index is 3.58. The average molecular weight is 261 g/mol. The molecule has 2 rings (SSSR count). The number of aryl methyl sites for hydroxylation is 2. The van der Waals surface area contributed by atoms with Crippen molar-refractivity contribution in [3.05, 3.63) is 34.9 Å². The van der Waals surface area contributed by atoms with Gasteiger partial charge >= 0.3 is 0 Å². The second kappa shape index (κ2) is 7.04. The summed E-state index contributed by atoms with van der Waals surface area (Å²) in [4.78, 5) is 2.56. The van der Waals surface area contributed by atoms with Gasteiger partial charge in [0.1, 0.15) is 0 Å². The SMILES string of the molecule is Cc1ccc(CNCC(C)N2CCNCC2)cc1C. The van der Waals surface area contributed by atoms with E-state index in [4.69, 9.17) is 0 Å². The molecule has 0 aliphatic carbocycles. The fourth-order valence-electron chi connectivity index (χ4n) is 2.59. The molecule has 106 valence electrons. The molecule has 1 aliphatic rings. The van der Waals surface area contributed by atoms with Crippen molar-refractivity contribution in [2.24, 2.45) is 0 Å². The van der Waals surface area contributed by atoms with Crippen molar-refractivity contribution >= 4 is 0 Å². The fourth-order valence-corrected chi connectivity index (χ4v) is 2.59. The van der Waals surface area contributed by atoms with Crippen LogP contribution in [0.3, 0.4) is 0 Å². The van der Waals surface area contributed by atoms with Gasteiger partial charge in [0.25, 0.3) is 0 Å². The molecule has 19 heavy (non-hydrogen) atoms. The van der Waals surface area contributed by atoms with Crippen LogP contribution in [0.25, 0.3) is 0 Å². The summed E-state index contributed by atoms with van der Waals surface area (Å²) in [5, 5.41) is 6.98. The number of hydrogen-bond acceptors (Lipinski definition) is 3. The second-order valence-electron chi connectivity index (χ2n) is 5.68. The van der Waals surface area contributed by atoms with Crippen LogP contribution in [-0.4, -0.2) is 43.7 Å². The number of nitrogens with zero attached hydrogens (tertiary/aromatic N) is 1. The molecule has 1 fully saturated rings. The van der Waals surface area contributed by atoms with Crippen LogP contribution in [0.4, 0.5) is 0 Å². The summed E-state index contributed by atoms with van der Waals surface area (Å²) in [5.74, 6) is 0. The first-order valence-electron chi connectivity index (χ1n) is 7.38. The number of hydrogen-bond donors (Lipinski definition) is 2. The van der Waals surface area contributed by atoms with Crippen LogP contribution in [0.1, 0.15) is 23.6 Å². The lowest BCUT2D eigenvalue weighted by Gasteiger charge is -2.32. The lowest BCUT2D eigenvalue weighted by Crippen LogP contribution is -2.50. The normalized spacial score (nSPS) is 18.5. The highest BCUT2D eigenvalue weighted by Gasteiger charge is 2.15. The highest BCUT2D eigenvalue weighted by Crippen LogP contribution is 2.09. The number of nitrogens with one attached hydrogen (secondary N) is 2. The predicted octanol–water partition coefficient (Wildman–Crippen LogP) is 1.69. The second-order valence-corrected chi connectivity index (χ2v) is 5.68. The minimum atomic E-state index is 0.619. The van der Waals surface area contributed by atoms with Crippen LogP contribution < -0.4 is 10.6 Å². The van der Waals surface area contributed by atoms with E-state index in [1.54, 1.807) is 0 Å². The Balaban J connectivity index is 1.74. The molecule has 0 spiro atoms. The van der Waals surface area contributed by atoms with Gasteiger partial charge in [0.15, 0.2) is 0 Å².